The average molecular weight is 392 g/mol. The van der Waals surface area contributed by atoms with Crippen LogP contribution in [0.15, 0.2) is 36.4 Å². The van der Waals surface area contributed by atoms with Crippen LogP contribution in [0.1, 0.15) is 23.2 Å². The Balaban J connectivity index is 1.73. The number of rotatable bonds is 4. The Morgan fingerprint density at radius 1 is 1.19 bits per heavy atom. The second kappa shape index (κ2) is 7.28. The number of hydrogen-bond donors (Lipinski definition) is 0. The van der Waals surface area contributed by atoms with E-state index in [2.05, 4.69) is 4.98 Å². The molecule has 0 saturated carbocycles. The largest absolute Gasteiger partial charge is 0.376 e. The highest BCUT2D eigenvalue weighted by molar-refractivity contribution is 7.22. The topological polar surface area (TPSA) is 42.4 Å². The molecular weight excluding hydrogens is 377 g/mol. The fourth-order valence-corrected chi connectivity index (χ4v) is 4.05. The maximum Gasteiger partial charge on any atom is 0.263 e. The van der Waals surface area contributed by atoms with Gasteiger partial charge in [-0.05, 0) is 43.2 Å². The van der Waals surface area contributed by atoms with Crippen LogP contribution in [0, 0.1) is 17.5 Å². The number of ether oxygens (including phenoxy) is 1. The molecule has 4 nitrogen and oxygen atoms in total. The highest BCUT2D eigenvalue weighted by Crippen LogP contribution is 2.31. The first-order valence-electron chi connectivity index (χ1n) is 8.46. The van der Waals surface area contributed by atoms with Gasteiger partial charge in [0, 0.05) is 12.7 Å². The third kappa shape index (κ3) is 3.68. The van der Waals surface area contributed by atoms with Gasteiger partial charge in [-0.2, -0.15) is 0 Å². The summed E-state index contributed by atoms with van der Waals surface area (Å²) >= 11 is 1.14. The maximum atomic E-state index is 14.2. The van der Waals surface area contributed by atoms with E-state index < -0.39 is 23.4 Å². The maximum absolute atomic E-state index is 14.2. The van der Waals surface area contributed by atoms with Gasteiger partial charge in [-0.25, -0.2) is 18.2 Å². The van der Waals surface area contributed by atoms with Gasteiger partial charge in [0.15, 0.2) is 5.13 Å². The summed E-state index contributed by atoms with van der Waals surface area (Å²) in [4.78, 5) is 18.7. The minimum Gasteiger partial charge on any atom is -0.376 e. The minimum absolute atomic E-state index is 0.192. The molecule has 1 saturated heterocycles. The molecule has 1 unspecified atom stereocenters. The summed E-state index contributed by atoms with van der Waals surface area (Å²) in [6, 6.07) is 6.97. The van der Waals surface area contributed by atoms with Gasteiger partial charge in [-0.15, -0.1) is 0 Å². The van der Waals surface area contributed by atoms with E-state index in [0.29, 0.717) is 28.0 Å². The zero-order valence-electron chi connectivity index (χ0n) is 14.1. The molecule has 2 aromatic carbocycles. The van der Waals surface area contributed by atoms with Crippen LogP contribution in [0.25, 0.3) is 10.2 Å². The molecule has 1 amide bonds. The van der Waals surface area contributed by atoms with E-state index in [-0.39, 0.29) is 18.2 Å². The predicted molar refractivity (Wildman–Crippen MR) is 96.6 cm³/mol. The van der Waals surface area contributed by atoms with Crippen molar-refractivity contribution in [2.45, 2.75) is 18.9 Å². The minimum atomic E-state index is -0.940. The van der Waals surface area contributed by atoms with Crippen molar-refractivity contribution in [1.29, 1.82) is 0 Å². The molecule has 2 heterocycles. The molecular formula is C19H15F3N2O2S. The molecule has 3 aromatic rings. The van der Waals surface area contributed by atoms with E-state index in [1.807, 2.05) is 0 Å². The smallest absolute Gasteiger partial charge is 0.263 e. The molecule has 1 aliphatic rings. The predicted octanol–water partition coefficient (Wildman–Crippen LogP) is 4.54. The Morgan fingerprint density at radius 2 is 1.96 bits per heavy atom. The van der Waals surface area contributed by atoms with Crippen LogP contribution in [0.3, 0.4) is 0 Å². The second-order valence-electron chi connectivity index (χ2n) is 6.28. The number of benzene rings is 2. The lowest BCUT2D eigenvalue weighted by molar-refractivity contribution is 0.0914. The van der Waals surface area contributed by atoms with Crippen LogP contribution in [0.5, 0.6) is 0 Å². The van der Waals surface area contributed by atoms with Crippen molar-refractivity contribution in [3.63, 3.8) is 0 Å². The van der Waals surface area contributed by atoms with Crippen molar-refractivity contribution in [3.8, 4) is 0 Å². The molecule has 27 heavy (non-hydrogen) atoms. The van der Waals surface area contributed by atoms with Crippen molar-refractivity contribution in [1.82, 2.24) is 4.98 Å². The third-order valence-electron chi connectivity index (χ3n) is 4.39. The highest BCUT2D eigenvalue weighted by Gasteiger charge is 2.28. The third-order valence-corrected chi connectivity index (χ3v) is 5.43. The first kappa shape index (κ1) is 17.9. The summed E-state index contributed by atoms with van der Waals surface area (Å²) in [5.74, 6) is -2.74. The average Bonchev–Trinajstić information content (AvgIpc) is 3.28. The number of halogens is 3. The fraction of sp³-hybridized carbons (Fsp3) is 0.263. The van der Waals surface area contributed by atoms with Gasteiger partial charge in [0.05, 0.1) is 28.4 Å². The summed E-state index contributed by atoms with van der Waals surface area (Å²) in [6.07, 6.45) is 1.46. The van der Waals surface area contributed by atoms with E-state index in [1.54, 1.807) is 0 Å². The van der Waals surface area contributed by atoms with Gasteiger partial charge in [0.1, 0.15) is 17.5 Å². The standard InChI is InChI=1S/C19H15F3N2O2S/c20-11-3-5-14(15(22)8-11)18(25)24(10-13-2-1-7-26-13)19-23-16-6-4-12(21)9-17(16)27-19/h3-6,8-9,13H,1-2,7,10H2. The van der Waals surface area contributed by atoms with Crippen LogP contribution in [0.4, 0.5) is 18.3 Å². The Kier molecular flexibility index (Phi) is 4.84. The number of carbonyl (C=O) groups is 1. The lowest BCUT2D eigenvalue weighted by Gasteiger charge is -2.23. The molecule has 1 aromatic heterocycles. The van der Waals surface area contributed by atoms with Crippen LogP contribution >= 0.6 is 11.3 Å². The van der Waals surface area contributed by atoms with Crippen molar-refractivity contribution < 1.29 is 22.7 Å². The summed E-state index contributed by atoms with van der Waals surface area (Å²) in [6.45, 7) is 0.792. The van der Waals surface area contributed by atoms with E-state index in [9.17, 15) is 18.0 Å². The SMILES string of the molecule is O=C(c1ccc(F)cc1F)N(CC1CCCO1)c1nc2ccc(F)cc2s1. The zero-order chi connectivity index (χ0) is 19.0. The first-order chi connectivity index (χ1) is 13.0. The molecule has 0 radical (unpaired) electrons. The van der Waals surface area contributed by atoms with Gasteiger partial charge in [0.2, 0.25) is 0 Å². The number of thiazole rings is 1. The zero-order valence-corrected chi connectivity index (χ0v) is 14.9. The number of nitrogens with zero attached hydrogens (tertiary/aromatic N) is 2. The number of carbonyl (C=O) groups excluding carboxylic acids is 1. The summed E-state index contributed by atoms with van der Waals surface area (Å²) < 4.78 is 47.0. The quantitative estimate of drug-likeness (QED) is 0.655. The Labute approximate surface area is 157 Å². The molecule has 1 fully saturated rings. The molecule has 1 atom stereocenters. The molecule has 0 aliphatic carbocycles. The molecule has 0 N–H and O–H groups in total. The summed E-state index contributed by atoms with van der Waals surface area (Å²) in [5, 5.41) is 0.319. The van der Waals surface area contributed by atoms with Gasteiger partial charge >= 0.3 is 0 Å². The fourth-order valence-electron chi connectivity index (χ4n) is 3.05. The van der Waals surface area contributed by atoms with E-state index in [1.165, 1.54) is 23.1 Å². The van der Waals surface area contributed by atoms with Crippen LogP contribution in [-0.4, -0.2) is 30.1 Å². The van der Waals surface area contributed by atoms with Crippen LogP contribution in [-0.2, 0) is 4.74 Å². The summed E-state index contributed by atoms with van der Waals surface area (Å²) in [5.41, 5.74) is 0.293. The number of fused-ring (bicyclic) bond motifs is 1. The Hall–Kier alpha value is -2.45. The second-order valence-corrected chi connectivity index (χ2v) is 7.29. The molecule has 0 bridgehead atoms. The van der Waals surface area contributed by atoms with Gasteiger partial charge in [-0.1, -0.05) is 11.3 Å². The van der Waals surface area contributed by atoms with Crippen LogP contribution in [0.2, 0.25) is 0 Å². The Bertz CT molecular complexity index is 1000. The van der Waals surface area contributed by atoms with Gasteiger partial charge in [-0.3, -0.25) is 9.69 Å². The molecule has 1 aliphatic heterocycles. The number of aromatic nitrogens is 1. The van der Waals surface area contributed by atoms with Crippen molar-refractivity contribution in [2.24, 2.45) is 0 Å². The first-order valence-corrected chi connectivity index (χ1v) is 9.27. The lowest BCUT2D eigenvalue weighted by Crippen LogP contribution is -2.38. The number of amides is 1. The van der Waals surface area contributed by atoms with E-state index >= 15 is 0 Å². The molecule has 8 heteroatoms. The lowest BCUT2D eigenvalue weighted by atomic mass is 10.1. The normalized spacial score (nSPS) is 16.8. The molecule has 0 spiro atoms. The number of hydrogen-bond acceptors (Lipinski definition) is 4. The molecule has 4 rings (SSSR count). The van der Waals surface area contributed by atoms with Crippen molar-refractivity contribution >= 4 is 32.6 Å². The van der Waals surface area contributed by atoms with Crippen LogP contribution < -0.4 is 4.90 Å². The van der Waals surface area contributed by atoms with Gasteiger partial charge in [0.25, 0.3) is 5.91 Å². The summed E-state index contributed by atoms with van der Waals surface area (Å²) in [7, 11) is 0. The van der Waals surface area contributed by atoms with Gasteiger partial charge < -0.3 is 4.74 Å². The monoisotopic (exact) mass is 392 g/mol. The molecule has 140 valence electrons. The Morgan fingerprint density at radius 3 is 2.70 bits per heavy atom. The van der Waals surface area contributed by atoms with E-state index in [0.717, 1.165) is 36.3 Å². The highest BCUT2D eigenvalue weighted by atomic mass is 32.1. The van der Waals surface area contributed by atoms with Crippen molar-refractivity contribution in [3.05, 3.63) is 59.4 Å². The number of anilines is 1. The van der Waals surface area contributed by atoms with E-state index in [4.69, 9.17) is 4.74 Å². The van der Waals surface area contributed by atoms with Crippen molar-refractivity contribution in [2.75, 3.05) is 18.1 Å².